The van der Waals surface area contributed by atoms with E-state index in [1.165, 1.54) is 6.07 Å². The molecule has 0 saturated carbocycles. The lowest BCUT2D eigenvalue weighted by atomic mass is 10.1. The Bertz CT molecular complexity index is 439. The highest BCUT2D eigenvalue weighted by molar-refractivity contribution is 6.63. The molecule has 0 amide bonds. The lowest BCUT2D eigenvalue weighted by Crippen LogP contribution is -2.20. The fourth-order valence-electron chi connectivity index (χ4n) is 2.14. The Morgan fingerprint density at radius 2 is 2.29 bits per heavy atom. The molecule has 1 atom stereocenters. The second kappa shape index (κ2) is 5.23. The standard InChI is InChI=1S/C12H12Cl2FNO/c13-10-2-1-9(6-11(10)15)16-4-3-8(7-16)5-12(14)17/h1-2,6,8H,3-5,7H2/t8-/m0/s1. The molecule has 0 aliphatic carbocycles. The van der Waals surface area contributed by atoms with Crippen molar-refractivity contribution in [1.29, 1.82) is 0 Å². The quantitative estimate of drug-likeness (QED) is 0.788. The SMILES string of the molecule is O=C(Cl)C[C@@H]1CCN(c2ccc(Cl)c(F)c2)C1. The van der Waals surface area contributed by atoms with Gasteiger partial charge in [-0.2, -0.15) is 0 Å². The van der Waals surface area contributed by atoms with E-state index in [0.717, 1.165) is 25.2 Å². The van der Waals surface area contributed by atoms with Crippen molar-refractivity contribution in [2.75, 3.05) is 18.0 Å². The molecule has 1 heterocycles. The monoisotopic (exact) mass is 275 g/mol. The lowest BCUT2D eigenvalue weighted by molar-refractivity contribution is -0.112. The molecular formula is C12H12Cl2FNO. The van der Waals surface area contributed by atoms with Gasteiger partial charge in [-0.25, -0.2) is 4.39 Å². The average Bonchev–Trinajstić information content (AvgIpc) is 2.69. The molecule has 0 radical (unpaired) electrons. The summed E-state index contributed by atoms with van der Waals surface area (Å²) >= 11 is 11.0. The van der Waals surface area contributed by atoms with E-state index in [1.807, 2.05) is 4.90 Å². The summed E-state index contributed by atoms with van der Waals surface area (Å²) in [5.74, 6) is -0.153. The number of nitrogens with zero attached hydrogens (tertiary/aromatic N) is 1. The Hall–Kier alpha value is -0.800. The Kier molecular flexibility index (Phi) is 3.89. The molecule has 2 nitrogen and oxygen atoms in total. The smallest absolute Gasteiger partial charge is 0.221 e. The van der Waals surface area contributed by atoms with Crippen molar-refractivity contribution < 1.29 is 9.18 Å². The molecule has 1 saturated heterocycles. The third-order valence-electron chi connectivity index (χ3n) is 3.00. The molecule has 1 aromatic carbocycles. The number of rotatable bonds is 3. The third-order valence-corrected chi connectivity index (χ3v) is 3.46. The number of hydrogen-bond donors (Lipinski definition) is 0. The first-order valence-corrected chi connectivity index (χ1v) is 6.20. The van der Waals surface area contributed by atoms with E-state index in [2.05, 4.69) is 0 Å². The second-order valence-corrected chi connectivity index (χ2v) is 5.09. The second-order valence-electron chi connectivity index (χ2n) is 4.26. The molecule has 5 heteroatoms. The first-order chi connectivity index (χ1) is 8.06. The van der Waals surface area contributed by atoms with E-state index >= 15 is 0 Å². The Morgan fingerprint density at radius 3 is 2.94 bits per heavy atom. The summed E-state index contributed by atoms with van der Waals surface area (Å²) in [4.78, 5) is 12.9. The fraction of sp³-hybridized carbons (Fsp3) is 0.417. The van der Waals surface area contributed by atoms with Gasteiger partial charge in [0.25, 0.3) is 0 Å². The van der Waals surface area contributed by atoms with Crippen LogP contribution in [0.4, 0.5) is 10.1 Å². The van der Waals surface area contributed by atoms with Crippen LogP contribution in [0.25, 0.3) is 0 Å². The van der Waals surface area contributed by atoms with Gasteiger partial charge in [0.05, 0.1) is 5.02 Å². The molecule has 0 bridgehead atoms. The minimum atomic E-state index is -0.416. The number of carbonyl (C=O) groups excluding carboxylic acids is 1. The maximum absolute atomic E-state index is 13.3. The molecule has 0 N–H and O–H groups in total. The van der Waals surface area contributed by atoms with Crippen molar-refractivity contribution in [3.8, 4) is 0 Å². The summed E-state index contributed by atoms with van der Waals surface area (Å²) in [5.41, 5.74) is 0.802. The van der Waals surface area contributed by atoms with E-state index in [4.69, 9.17) is 23.2 Å². The summed E-state index contributed by atoms with van der Waals surface area (Å²) in [5, 5.41) is -0.181. The van der Waals surface area contributed by atoms with Crippen LogP contribution in [0.5, 0.6) is 0 Å². The molecule has 1 aliphatic rings. The minimum Gasteiger partial charge on any atom is -0.371 e. The van der Waals surface area contributed by atoms with Crippen LogP contribution < -0.4 is 4.90 Å². The van der Waals surface area contributed by atoms with Crippen LogP contribution in [0, 0.1) is 11.7 Å². The highest BCUT2D eigenvalue weighted by Gasteiger charge is 2.24. The molecule has 1 fully saturated rings. The van der Waals surface area contributed by atoms with Gasteiger partial charge in [0, 0.05) is 25.2 Å². The van der Waals surface area contributed by atoms with Crippen molar-refractivity contribution in [1.82, 2.24) is 0 Å². The van der Waals surface area contributed by atoms with Crippen LogP contribution >= 0.6 is 23.2 Å². The summed E-state index contributed by atoms with van der Waals surface area (Å²) in [6.45, 7) is 1.55. The zero-order valence-electron chi connectivity index (χ0n) is 9.13. The average molecular weight is 276 g/mol. The van der Waals surface area contributed by atoms with Gasteiger partial charge in [-0.1, -0.05) is 11.6 Å². The number of benzene rings is 1. The third kappa shape index (κ3) is 3.11. The van der Waals surface area contributed by atoms with Gasteiger partial charge >= 0.3 is 0 Å². The Labute approximate surface area is 109 Å². The molecule has 0 spiro atoms. The van der Waals surface area contributed by atoms with Gasteiger partial charge in [0.15, 0.2) is 0 Å². The van der Waals surface area contributed by atoms with E-state index in [-0.39, 0.29) is 16.2 Å². The molecule has 1 aromatic rings. The zero-order valence-corrected chi connectivity index (χ0v) is 10.6. The van der Waals surface area contributed by atoms with Crippen LogP contribution in [0.1, 0.15) is 12.8 Å². The van der Waals surface area contributed by atoms with Crippen molar-refractivity contribution >= 4 is 34.1 Å². The zero-order chi connectivity index (χ0) is 12.4. The molecule has 17 heavy (non-hydrogen) atoms. The number of carbonyl (C=O) groups is 1. The molecule has 2 rings (SSSR count). The van der Waals surface area contributed by atoms with E-state index < -0.39 is 5.82 Å². The molecule has 0 unspecified atom stereocenters. The van der Waals surface area contributed by atoms with Crippen LogP contribution in [0.15, 0.2) is 18.2 Å². The minimum absolute atomic E-state index is 0.125. The van der Waals surface area contributed by atoms with Gasteiger partial charge in [-0.15, -0.1) is 0 Å². The molecular weight excluding hydrogens is 264 g/mol. The summed E-state index contributed by atoms with van der Waals surface area (Å²) in [7, 11) is 0. The van der Waals surface area contributed by atoms with Gasteiger partial charge < -0.3 is 4.90 Å². The normalized spacial score (nSPS) is 19.7. The predicted octanol–water partition coefficient (Wildman–Crippen LogP) is 3.46. The van der Waals surface area contributed by atoms with Gasteiger partial charge in [0.1, 0.15) is 5.82 Å². The number of anilines is 1. The van der Waals surface area contributed by atoms with Crippen LogP contribution in [-0.4, -0.2) is 18.3 Å². The summed E-state index contributed by atoms with van der Waals surface area (Å²) in [6, 6.07) is 4.76. The van der Waals surface area contributed by atoms with Gasteiger partial charge in [-0.3, -0.25) is 4.79 Å². The van der Waals surface area contributed by atoms with Crippen LogP contribution in [0.2, 0.25) is 5.02 Å². The van der Waals surface area contributed by atoms with Crippen molar-refractivity contribution in [2.24, 2.45) is 5.92 Å². The first kappa shape index (κ1) is 12.7. The molecule has 1 aliphatic heterocycles. The Balaban J connectivity index is 2.04. The van der Waals surface area contributed by atoms with Crippen LogP contribution in [-0.2, 0) is 4.79 Å². The largest absolute Gasteiger partial charge is 0.371 e. The van der Waals surface area contributed by atoms with Gasteiger partial charge in [0.2, 0.25) is 5.24 Å². The molecule has 92 valence electrons. The highest BCUT2D eigenvalue weighted by atomic mass is 35.5. The fourth-order valence-corrected chi connectivity index (χ4v) is 2.48. The lowest BCUT2D eigenvalue weighted by Gasteiger charge is -2.18. The first-order valence-electron chi connectivity index (χ1n) is 5.44. The maximum atomic E-state index is 13.3. The number of halogens is 3. The molecule has 0 aromatic heterocycles. The van der Waals surface area contributed by atoms with Gasteiger partial charge in [-0.05, 0) is 42.1 Å². The maximum Gasteiger partial charge on any atom is 0.221 e. The predicted molar refractivity (Wildman–Crippen MR) is 67.2 cm³/mol. The Morgan fingerprint density at radius 1 is 1.53 bits per heavy atom. The van der Waals surface area contributed by atoms with Crippen molar-refractivity contribution in [3.05, 3.63) is 29.0 Å². The van der Waals surface area contributed by atoms with Crippen LogP contribution in [0.3, 0.4) is 0 Å². The van der Waals surface area contributed by atoms with Crippen molar-refractivity contribution in [3.63, 3.8) is 0 Å². The van der Waals surface area contributed by atoms with Crippen molar-refractivity contribution in [2.45, 2.75) is 12.8 Å². The van der Waals surface area contributed by atoms with E-state index in [9.17, 15) is 9.18 Å². The summed E-state index contributed by atoms with van der Waals surface area (Å²) in [6.07, 6.45) is 1.29. The van der Waals surface area contributed by atoms with E-state index in [0.29, 0.717) is 6.42 Å². The topological polar surface area (TPSA) is 20.3 Å². The number of hydrogen-bond acceptors (Lipinski definition) is 2. The summed E-state index contributed by atoms with van der Waals surface area (Å²) < 4.78 is 13.3. The van der Waals surface area contributed by atoms with E-state index in [1.54, 1.807) is 12.1 Å². The highest BCUT2D eigenvalue weighted by Crippen LogP contribution is 2.28.